The molecule has 0 radical (unpaired) electrons. The number of rotatable bonds is 2. The summed E-state index contributed by atoms with van der Waals surface area (Å²) in [5, 5.41) is 9.09. The molecule has 0 spiro atoms. The van der Waals surface area contributed by atoms with Crippen LogP contribution in [0.1, 0.15) is 11.1 Å². The molecule has 0 aromatic heterocycles. The first kappa shape index (κ1) is 12.8. The van der Waals surface area contributed by atoms with Crippen LogP contribution in [0.15, 0.2) is 21.9 Å². The Kier molecular flexibility index (Phi) is 4.06. The summed E-state index contributed by atoms with van der Waals surface area (Å²) >= 11 is 7.20. The van der Waals surface area contributed by atoms with Crippen LogP contribution in [-0.4, -0.2) is 8.42 Å². The molecule has 1 aromatic rings. The molecule has 0 heterocycles. The number of nitriles is 1. The monoisotopic (exact) mass is 325 g/mol. The summed E-state index contributed by atoms with van der Waals surface area (Å²) in [6, 6.07) is 4.70. The van der Waals surface area contributed by atoms with Gasteiger partial charge < -0.3 is 0 Å². The second-order valence-corrected chi connectivity index (χ2v) is 6.24. The fourth-order valence-corrected chi connectivity index (χ4v) is 3.41. The maximum absolute atomic E-state index is 11.3. The number of benzene rings is 1. The molecule has 0 N–H and O–H groups in total. The maximum atomic E-state index is 11.3. The Morgan fingerprint density at radius 3 is 2.53 bits per heavy atom. The summed E-state index contributed by atoms with van der Waals surface area (Å²) in [6.07, 6.45) is 0. The fourth-order valence-electron chi connectivity index (χ4n) is 1.14. The molecule has 0 aliphatic carbocycles. The number of halogens is 2. The molecule has 0 amide bonds. The number of hydrogen-bond donors (Lipinski definition) is 1. The summed E-state index contributed by atoms with van der Waals surface area (Å²) in [6.45, 7) is 0. The Hall–Kier alpha value is -0.220. The van der Waals surface area contributed by atoms with Gasteiger partial charge in [0.15, 0.2) is 0 Å². The van der Waals surface area contributed by atoms with Crippen molar-refractivity contribution in [3.8, 4) is 6.07 Å². The molecule has 0 bridgehead atoms. The van der Waals surface area contributed by atoms with Crippen molar-refractivity contribution in [3.05, 3.63) is 23.3 Å². The maximum Gasteiger partial charge on any atom is 0.262 e. The summed E-state index contributed by atoms with van der Waals surface area (Å²) in [7, 11) is 1.33. The molecule has 0 saturated heterocycles. The second-order valence-electron chi connectivity index (χ2n) is 2.66. The van der Waals surface area contributed by atoms with Gasteiger partial charge in [0.2, 0.25) is 0 Å². The molecular weight excluding hydrogens is 322 g/mol. The van der Waals surface area contributed by atoms with Crippen molar-refractivity contribution in [3.63, 3.8) is 0 Å². The molecule has 0 unspecified atom stereocenters. The molecule has 15 heavy (non-hydrogen) atoms. The van der Waals surface area contributed by atoms with Crippen LogP contribution < -0.4 is 0 Å². The molecule has 3 nitrogen and oxygen atoms in total. The van der Waals surface area contributed by atoms with Crippen LogP contribution >= 0.6 is 39.2 Å². The molecule has 1 aromatic carbocycles. The lowest BCUT2D eigenvalue weighted by molar-refractivity contribution is 0.608. The largest absolute Gasteiger partial charge is 0.262 e. The van der Waals surface area contributed by atoms with Gasteiger partial charge in [0.1, 0.15) is 11.0 Å². The highest BCUT2D eigenvalue weighted by atomic mass is 79.9. The van der Waals surface area contributed by atoms with E-state index in [2.05, 4.69) is 28.6 Å². The smallest absolute Gasteiger partial charge is 0.207 e. The van der Waals surface area contributed by atoms with E-state index >= 15 is 0 Å². The van der Waals surface area contributed by atoms with Gasteiger partial charge in [-0.15, -0.1) is 12.6 Å². The normalized spacial score (nSPS) is 11.1. The van der Waals surface area contributed by atoms with Crippen LogP contribution in [0.2, 0.25) is 0 Å². The predicted molar refractivity (Wildman–Crippen MR) is 64.1 cm³/mol. The lowest BCUT2D eigenvalue weighted by atomic mass is 10.1. The first-order chi connectivity index (χ1) is 6.90. The Labute approximate surface area is 106 Å². The highest BCUT2D eigenvalue weighted by Crippen LogP contribution is 2.28. The van der Waals surface area contributed by atoms with E-state index < -0.39 is 9.05 Å². The van der Waals surface area contributed by atoms with Crippen LogP contribution in [0.25, 0.3) is 0 Å². The Bertz CT molecular complexity index is 536. The van der Waals surface area contributed by atoms with Gasteiger partial charge in [-0.3, -0.25) is 0 Å². The first-order valence-corrected chi connectivity index (χ1v) is 7.54. The zero-order valence-corrected chi connectivity index (χ0v) is 11.3. The Morgan fingerprint density at radius 2 is 2.13 bits per heavy atom. The molecule has 7 heteroatoms. The van der Waals surface area contributed by atoms with E-state index in [0.717, 1.165) is 0 Å². The minimum atomic E-state index is -3.92. The quantitative estimate of drug-likeness (QED) is 0.516. The van der Waals surface area contributed by atoms with Crippen molar-refractivity contribution in [1.29, 1.82) is 5.26 Å². The number of nitrogens with zero attached hydrogens (tertiary/aromatic N) is 1. The summed E-state index contributed by atoms with van der Waals surface area (Å²) < 4.78 is 22.5. The zero-order chi connectivity index (χ0) is 11.6. The van der Waals surface area contributed by atoms with Crippen molar-refractivity contribution >= 4 is 48.3 Å². The SMILES string of the molecule is N#Cc1cc(S)cc(CBr)c1S(=O)(=O)Cl. The molecule has 0 aliphatic heterocycles. The van der Waals surface area contributed by atoms with Gasteiger partial charge in [-0.25, -0.2) is 8.42 Å². The molecule has 0 saturated carbocycles. The number of hydrogen-bond acceptors (Lipinski definition) is 4. The zero-order valence-electron chi connectivity index (χ0n) is 7.24. The van der Waals surface area contributed by atoms with Crippen LogP contribution in [0.4, 0.5) is 0 Å². The van der Waals surface area contributed by atoms with Crippen molar-refractivity contribution in [2.75, 3.05) is 0 Å². The predicted octanol–water partition coefficient (Wildman–Crippen LogP) is 2.67. The van der Waals surface area contributed by atoms with Crippen molar-refractivity contribution in [2.45, 2.75) is 15.1 Å². The summed E-state index contributed by atoms with van der Waals surface area (Å²) in [5.74, 6) is 0. The van der Waals surface area contributed by atoms with E-state index in [9.17, 15) is 8.42 Å². The topological polar surface area (TPSA) is 57.9 Å². The van der Waals surface area contributed by atoms with Crippen molar-refractivity contribution < 1.29 is 8.42 Å². The molecule has 0 fully saturated rings. The first-order valence-electron chi connectivity index (χ1n) is 3.66. The highest BCUT2D eigenvalue weighted by Gasteiger charge is 2.20. The van der Waals surface area contributed by atoms with Crippen molar-refractivity contribution in [1.82, 2.24) is 0 Å². The van der Waals surface area contributed by atoms with E-state index in [1.54, 1.807) is 12.1 Å². The summed E-state index contributed by atoms with van der Waals surface area (Å²) in [5.41, 5.74) is 0.431. The fraction of sp³-hybridized carbons (Fsp3) is 0.125. The third-order valence-electron chi connectivity index (χ3n) is 1.66. The van der Waals surface area contributed by atoms with Crippen molar-refractivity contribution in [2.24, 2.45) is 0 Å². The molecule has 0 atom stereocenters. The van der Waals surface area contributed by atoms with Crippen LogP contribution in [-0.2, 0) is 14.4 Å². The minimum absolute atomic E-state index is 0.00644. The van der Waals surface area contributed by atoms with E-state index in [1.807, 2.05) is 0 Å². The second kappa shape index (κ2) is 4.74. The number of alkyl halides is 1. The van der Waals surface area contributed by atoms with Gasteiger partial charge in [-0.1, -0.05) is 15.9 Å². The van der Waals surface area contributed by atoms with E-state index in [1.165, 1.54) is 6.07 Å². The standard InChI is InChI=1S/C8H5BrClNO2S2/c9-3-5-1-7(14)2-6(4-11)8(5)15(10,12)13/h1-2,14H,3H2. The highest BCUT2D eigenvalue weighted by molar-refractivity contribution is 9.08. The van der Waals surface area contributed by atoms with Gasteiger partial charge in [0.25, 0.3) is 9.05 Å². The van der Waals surface area contributed by atoms with Crippen LogP contribution in [0.5, 0.6) is 0 Å². The van der Waals surface area contributed by atoms with Gasteiger partial charge in [-0.2, -0.15) is 5.26 Å². The Morgan fingerprint density at radius 1 is 1.53 bits per heavy atom. The van der Waals surface area contributed by atoms with Gasteiger partial charge in [-0.05, 0) is 17.7 Å². The van der Waals surface area contributed by atoms with E-state index in [0.29, 0.717) is 10.5 Å². The van der Waals surface area contributed by atoms with Crippen LogP contribution in [0.3, 0.4) is 0 Å². The number of thiol groups is 1. The van der Waals surface area contributed by atoms with Gasteiger partial charge >= 0.3 is 0 Å². The van der Waals surface area contributed by atoms with Gasteiger partial charge in [0, 0.05) is 20.9 Å². The Balaban J connectivity index is 3.69. The average molecular weight is 327 g/mol. The lowest BCUT2D eigenvalue weighted by Gasteiger charge is -2.06. The minimum Gasteiger partial charge on any atom is -0.207 e. The van der Waals surface area contributed by atoms with Gasteiger partial charge in [0.05, 0.1) is 5.56 Å². The van der Waals surface area contributed by atoms with E-state index in [-0.39, 0.29) is 15.8 Å². The lowest BCUT2D eigenvalue weighted by Crippen LogP contribution is -2.00. The van der Waals surface area contributed by atoms with E-state index in [4.69, 9.17) is 15.9 Å². The van der Waals surface area contributed by atoms with Crippen LogP contribution in [0, 0.1) is 11.3 Å². The molecule has 1 rings (SSSR count). The average Bonchev–Trinajstić information content (AvgIpc) is 2.14. The third-order valence-corrected chi connectivity index (χ3v) is 3.95. The third kappa shape index (κ3) is 2.88. The molecule has 0 aliphatic rings. The molecular formula is C8H5BrClNO2S2. The molecule has 80 valence electrons. The summed E-state index contributed by atoms with van der Waals surface area (Å²) in [4.78, 5) is 0.367.